The number of rotatable bonds is 6. The van der Waals surface area contributed by atoms with E-state index >= 15 is 0 Å². The fourth-order valence-electron chi connectivity index (χ4n) is 2.07. The van der Waals surface area contributed by atoms with Crippen LogP contribution in [0.4, 0.5) is 5.69 Å². The number of benzene rings is 1. The number of sulfonamides is 1. The van der Waals surface area contributed by atoms with E-state index in [2.05, 4.69) is 9.62 Å². The van der Waals surface area contributed by atoms with E-state index < -0.39 is 10.0 Å². The first-order valence-corrected chi connectivity index (χ1v) is 8.32. The Bertz CT molecular complexity index is 510. The summed E-state index contributed by atoms with van der Waals surface area (Å²) >= 11 is 0. The van der Waals surface area contributed by atoms with Crippen molar-refractivity contribution >= 4 is 15.7 Å². The van der Waals surface area contributed by atoms with Gasteiger partial charge in [0, 0.05) is 31.9 Å². The predicted molar refractivity (Wildman–Crippen MR) is 78.7 cm³/mol. The third kappa shape index (κ3) is 5.09. The quantitative estimate of drug-likeness (QED) is 0.724. The maximum absolute atomic E-state index is 11.9. The highest BCUT2D eigenvalue weighted by molar-refractivity contribution is 7.88. The summed E-state index contributed by atoms with van der Waals surface area (Å²) in [5.41, 5.74) is 6.94. The molecule has 0 radical (unpaired) electrons. The van der Waals surface area contributed by atoms with Crippen LogP contribution >= 0.6 is 0 Å². The highest BCUT2D eigenvalue weighted by atomic mass is 32.2. The predicted octanol–water partition coefficient (Wildman–Crippen LogP) is 0.0204. The molecule has 0 aromatic heterocycles. The molecule has 1 aromatic rings. The minimum Gasteiger partial charge on any atom is -0.399 e. The molecule has 1 saturated heterocycles. The van der Waals surface area contributed by atoms with Gasteiger partial charge in [0.15, 0.2) is 0 Å². The van der Waals surface area contributed by atoms with Crippen LogP contribution in [0.25, 0.3) is 0 Å². The summed E-state index contributed by atoms with van der Waals surface area (Å²) < 4.78 is 31.8. The summed E-state index contributed by atoms with van der Waals surface area (Å²) in [6.45, 7) is 4.30. The Kier molecular flexibility index (Phi) is 5.36. The van der Waals surface area contributed by atoms with E-state index in [4.69, 9.17) is 10.5 Å². The van der Waals surface area contributed by atoms with E-state index in [0.29, 0.717) is 18.8 Å². The number of anilines is 1. The van der Waals surface area contributed by atoms with Crippen molar-refractivity contribution in [3.63, 3.8) is 0 Å². The molecule has 7 heteroatoms. The number of morpholine rings is 1. The number of nitrogen functional groups attached to an aromatic ring is 1. The zero-order valence-electron chi connectivity index (χ0n) is 11.4. The van der Waals surface area contributed by atoms with Gasteiger partial charge in [-0.15, -0.1) is 0 Å². The monoisotopic (exact) mass is 299 g/mol. The summed E-state index contributed by atoms with van der Waals surface area (Å²) in [4.78, 5) is 2.19. The van der Waals surface area contributed by atoms with Crippen LogP contribution in [0, 0.1) is 0 Å². The summed E-state index contributed by atoms with van der Waals surface area (Å²) in [6, 6.07) is 6.88. The van der Waals surface area contributed by atoms with Crippen LogP contribution in [0.3, 0.4) is 0 Å². The first-order valence-electron chi connectivity index (χ1n) is 6.67. The average Bonchev–Trinajstić information content (AvgIpc) is 2.42. The smallest absolute Gasteiger partial charge is 0.215 e. The minimum absolute atomic E-state index is 0.0175. The lowest BCUT2D eigenvalue weighted by atomic mass is 10.2. The second-order valence-electron chi connectivity index (χ2n) is 4.85. The van der Waals surface area contributed by atoms with E-state index in [1.54, 1.807) is 24.3 Å². The fourth-order valence-corrected chi connectivity index (χ4v) is 3.20. The van der Waals surface area contributed by atoms with E-state index in [9.17, 15) is 8.42 Å². The van der Waals surface area contributed by atoms with Gasteiger partial charge in [-0.25, -0.2) is 13.1 Å². The van der Waals surface area contributed by atoms with Gasteiger partial charge in [0.05, 0.1) is 19.0 Å². The summed E-state index contributed by atoms with van der Waals surface area (Å²) in [5.74, 6) is -0.0175. The average molecular weight is 299 g/mol. The van der Waals surface area contributed by atoms with E-state index in [-0.39, 0.29) is 5.75 Å². The number of nitrogens with zero attached hydrogens (tertiary/aromatic N) is 1. The van der Waals surface area contributed by atoms with Crippen molar-refractivity contribution in [2.24, 2.45) is 0 Å². The van der Waals surface area contributed by atoms with Crippen molar-refractivity contribution in [1.29, 1.82) is 0 Å². The number of hydrogen-bond acceptors (Lipinski definition) is 5. The molecule has 0 unspecified atom stereocenters. The van der Waals surface area contributed by atoms with Crippen molar-refractivity contribution in [2.45, 2.75) is 5.75 Å². The second kappa shape index (κ2) is 7.03. The van der Waals surface area contributed by atoms with Crippen molar-refractivity contribution in [2.75, 3.05) is 45.1 Å². The van der Waals surface area contributed by atoms with Gasteiger partial charge in [-0.3, -0.25) is 4.90 Å². The van der Waals surface area contributed by atoms with Gasteiger partial charge in [0.1, 0.15) is 0 Å². The highest BCUT2D eigenvalue weighted by Crippen LogP contribution is 2.08. The van der Waals surface area contributed by atoms with Crippen LogP contribution in [-0.2, 0) is 20.5 Å². The molecule has 0 spiro atoms. The normalized spacial score (nSPS) is 17.2. The lowest BCUT2D eigenvalue weighted by Crippen LogP contribution is -2.41. The molecule has 1 aliphatic rings. The SMILES string of the molecule is Nc1ccc(CS(=O)(=O)NCCN2CCOCC2)cc1. The second-order valence-corrected chi connectivity index (χ2v) is 6.66. The molecule has 1 fully saturated rings. The zero-order valence-corrected chi connectivity index (χ0v) is 12.2. The van der Waals surface area contributed by atoms with Crippen LogP contribution < -0.4 is 10.5 Å². The van der Waals surface area contributed by atoms with Crippen LogP contribution in [0.5, 0.6) is 0 Å². The molecular formula is C13H21N3O3S. The molecule has 1 heterocycles. The van der Waals surface area contributed by atoms with Gasteiger partial charge >= 0.3 is 0 Å². The van der Waals surface area contributed by atoms with Crippen LogP contribution in [0.2, 0.25) is 0 Å². The van der Waals surface area contributed by atoms with E-state index in [1.807, 2.05) is 0 Å². The Hall–Kier alpha value is -1.15. The molecular weight excluding hydrogens is 278 g/mol. The third-order valence-corrected chi connectivity index (χ3v) is 4.55. The third-order valence-electron chi connectivity index (χ3n) is 3.19. The lowest BCUT2D eigenvalue weighted by Gasteiger charge is -2.26. The van der Waals surface area contributed by atoms with Crippen molar-refractivity contribution in [1.82, 2.24) is 9.62 Å². The molecule has 0 atom stereocenters. The van der Waals surface area contributed by atoms with Gasteiger partial charge in [-0.05, 0) is 17.7 Å². The number of hydrogen-bond donors (Lipinski definition) is 2. The molecule has 0 aliphatic carbocycles. The van der Waals surface area contributed by atoms with Gasteiger partial charge in [-0.1, -0.05) is 12.1 Å². The van der Waals surface area contributed by atoms with Crippen molar-refractivity contribution < 1.29 is 13.2 Å². The first-order chi connectivity index (χ1) is 9.55. The Morgan fingerprint density at radius 1 is 1.20 bits per heavy atom. The maximum Gasteiger partial charge on any atom is 0.215 e. The van der Waals surface area contributed by atoms with Gasteiger partial charge in [0.25, 0.3) is 0 Å². The van der Waals surface area contributed by atoms with Crippen molar-refractivity contribution in [3.8, 4) is 0 Å². The van der Waals surface area contributed by atoms with E-state index in [0.717, 1.165) is 31.9 Å². The van der Waals surface area contributed by atoms with Gasteiger partial charge < -0.3 is 10.5 Å². The Morgan fingerprint density at radius 3 is 2.50 bits per heavy atom. The molecule has 3 N–H and O–H groups in total. The van der Waals surface area contributed by atoms with Crippen LogP contribution in [0.1, 0.15) is 5.56 Å². The standard InChI is InChI=1S/C13H21N3O3S/c14-13-3-1-12(2-4-13)11-20(17,18)15-5-6-16-7-9-19-10-8-16/h1-4,15H,5-11,14H2. The van der Waals surface area contributed by atoms with Gasteiger partial charge in [0.2, 0.25) is 10.0 Å². The molecule has 1 aromatic carbocycles. The fraction of sp³-hybridized carbons (Fsp3) is 0.538. The topological polar surface area (TPSA) is 84.7 Å². The van der Waals surface area contributed by atoms with Crippen LogP contribution in [-0.4, -0.2) is 52.7 Å². The van der Waals surface area contributed by atoms with E-state index in [1.165, 1.54) is 0 Å². The Labute approximate surface area is 120 Å². The summed E-state index contributed by atoms with van der Waals surface area (Å²) in [6.07, 6.45) is 0. The van der Waals surface area contributed by atoms with Crippen molar-refractivity contribution in [3.05, 3.63) is 29.8 Å². The highest BCUT2D eigenvalue weighted by Gasteiger charge is 2.13. The van der Waals surface area contributed by atoms with Crippen LogP contribution in [0.15, 0.2) is 24.3 Å². The lowest BCUT2D eigenvalue weighted by molar-refractivity contribution is 0.0390. The van der Waals surface area contributed by atoms with Gasteiger partial charge in [-0.2, -0.15) is 0 Å². The summed E-state index contributed by atoms with van der Waals surface area (Å²) in [7, 11) is -3.30. The molecule has 0 bridgehead atoms. The molecule has 0 amide bonds. The maximum atomic E-state index is 11.9. The summed E-state index contributed by atoms with van der Waals surface area (Å²) in [5, 5.41) is 0. The Balaban J connectivity index is 1.77. The molecule has 112 valence electrons. The zero-order chi connectivity index (χ0) is 14.4. The molecule has 1 aliphatic heterocycles. The Morgan fingerprint density at radius 2 is 1.85 bits per heavy atom. The largest absolute Gasteiger partial charge is 0.399 e. The number of nitrogens with two attached hydrogens (primary N) is 1. The molecule has 2 rings (SSSR count). The molecule has 20 heavy (non-hydrogen) atoms. The minimum atomic E-state index is -3.30. The molecule has 0 saturated carbocycles. The number of nitrogens with one attached hydrogen (secondary N) is 1. The first kappa shape index (κ1) is 15.2. The molecule has 6 nitrogen and oxygen atoms in total. The number of ether oxygens (including phenoxy) is 1.